The van der Waals surface area contributed by atoms with Crippen molar-refractivity contribution in [2.75, 3.05) is 5.75 Å². The average Bonchev–Trinajstić information content (AvgIpc) is 3.68. The van der Waals surface area contributed by atoms with Gasteiger partial charge >= 0.3 is 6.18 Å². The quantitative estimate of drug-likeness (QED) is 0.302. The smallest absolute Gasteiger partial charge is 0.416 e. The Morgan fingerprint density at radius 1 is 1.05 bits per heavy atom. The summed E-state index contributed by atoms with van der Waals surface area (Å²) in [6.45, 7) is 1.87. The molecule has 2 N–H and O–H groups in total. The molecule has 1 heterocycles. The lowest BCUT2D eigenvalue weighted by Gasteiger charge is -2.13. The lowest BCUT2D eigenvalue weighted by molar-refractivity contribution is -0.137. The van der Waals surface area contributed by atoms with Gasteiger partial charge in [-0.15, -0.1) is 0 Å². The highest BCUT2D eigenvalue weighted by Gasteiger charge is 2.32. The predicted molar refractivity (Wildman–Crippen MR) is 139 cm³/mol. The Labute approximate surface area is 223 Å². The Bertz CT molecular complexity index is 1660. The van der Waals surface area contributed by atoms with Crippen LogP contribution in [-0.2, 0) is 29.1 Å². The summed E-state index contributed by atoms with van der Waals surface area (Å²) in [5.74, 6) is 0.132. The Hall–Kier alpha value is -3.86. The number of amides is 1. The van der Waals surface area contributed by atoms with Crippen molar-refractivity contribution in [3.63, 3.8) is 0 Å². The van der Waals surface area contributed by atoms with E-state index < -0.39 is 27.3 Å². The van der Waals surface area contributed by atoms with E-state index in [9.17, 15) is 31.5 Å². The number of fused-ring (bicyclic) bond motifs is 1. The van der Waals surface area contributed by atoms with Crippen molar-refractivity contribution in [3.8, 4) is 5.75 Å². The van der Waals surface area contributed by atoms with Gasteiger partial charge in [0.1, 0.15) is 11.6 Å². The van der Waals surface area contributed by atoms with Gasteiger partial charge < -0.3 is 15.0 Å². The number of rotatable bonds is 8. The molecule has 1 saturated carbocycles. The van der Waals surface area contributed by atoms with E-state index in [2.05, 4.69) is 5.32 Å². The van der Waals surface area contributed by atoms with Crippen LogP contribution in [0.3, 0.4) is 0 Å². The number of carbonyl (C=O) groups excluding carboxylic acids is 1. The highest BCUT2D eigenvalue weighted by molar-refractivity contribution is 7.91. The normalized spacial score (nSPS) is 14.1. The molecule has 1 aliphatic carbocycles. The molecule has 0 spiro atoms. The third kappa shape index (κ3) is 5.78. The second-order valence-electron chi connectivity index (χ2n) is 9.65. The highest BCUT2D eigenvalue weighted by atomic mass is 32.2. The molecule has 0 atom stereocenters. The number of imidazole rings is 1. The maximum atomic E-state index is 13.3. The van der Waals surface area contributed by atoms with Gasteiger partial charge in [0.05, 0.1) is 27.2 Å². The first-order valence-electron chi connectivity index (χ1n) is 12.4. The first-order valence-corrected chi connectivity index (χ1v) is 14.1. The molecular formula is C28H26F3N3O4S. The molecule has 1 aromatic heterocycles. The lowest BCUT2D eigenvalue weighted by atomic mass is 10.1. The number of alkyl halides is 3. The van der Waals surface area contributed by atoms with Crippen LogP contribution in [0.4, 0.5) is 13.2 Å². The van der Waals surface area contributed by atoms with Crippen LogP contribution in [-0.4, -0.2) is 34.7 Å². The number of nitrogens with zero attached hydrogens (tertiary/aromatic N) is 2. The summed E-state index contributed by atoms with van der Waals surface area (Å²) < 4.78 is 65.6. The molecule has 1 fully saturated rings. The fraction of sp³-hybridized carbons (Fsp3) is 0.286. The van der Waals surface area contributed by atoms with E-state index in [1.165, 1.54) is 18.2 Å². The number of aromatic hydroxyl groups is 1. The minimum absolute atomic E-state index is 0.00615. The summed E-state index contributed by atoms with van der Waals surface area (Å²) in [6, 6.07) is 14.4. The minimum Gasteiger partial charge on any atom is -0.508 e. The molecular weight excluding hydrogens is 531 g/mol. The van der Waals surface area contributed by atoms with Gasteiger partial charge in [-0.1, -0.05) is 19.1 Å². The first-order chi connectivity index (χ1) is 18.4. The van der Waals surface area contributed by atoms with Crippen LogP contribution in [0.2, 0.25) is 0 Å². The zero-order valence-electron chi connectivity index (χ0n) is 21.0. The number of halogens is 3. The van der Waals surface area contributed by atoms with Crippen LogP contribution in [0.25, 0.3) is 11.0 Å². The Morgan fingerprint density at radius 2 is 1.77 bits per heavy atom. The molecule has 5 rings (SSSR count). The van der Waals surface area contributed by atoms with E-state index in [0.29, 0.717) is 28.2 Å². The van der Waals surface area contributed by atoms with Crippen LogP contribution < -0.4 is 5.32 Å². The fourth-order valence-electron chi connectivity index (χ4n) is 4.49. The van der Waals surface area contributed by atoms with Crippen molar-refractivity contribution >= 4 is 26.8 Å². The van der Waals surface area contributed by atoms with Crippen LogP contribution >= 0.6 is 0 Å². The predicted octanol–water partition coefficient (Wildman–Crippen LogP) is 5.41. The molecule has 0 unspecified atom stereocenters. The summed E-state index contributed by atoms with van der Waals surface area (Å²) in [5, 5.41) is 12.7. The van der Waals surface area contributed by atoms with Crippen molar-refractivity contribution in [2.45, 2.75) is 49.8 Å². The zero-order valence-corrected chi connectivity index (χ0v) is 21.8. The third-order valence-electron chi connectivity index (χ3n) is 6.74. The largest absolute Gasteiger partial charge is 0.508 e. The molecule has 1 amide bonds. The van der Waals surface area contributed by atoms with Crippen molar-refractivity contribution < 1.29 is 31.5 Å². The van der Waals surface area contributed by atoms with Gasteiger partial charge in [-0.05, 0) is 72.5 Å². The van der Waals surface area contributed by atoms with E-state index >= 15 is 0 Å². The van der Waals surface area contributed by atoms with Crippen LogP contribution in [0.15, 0.2) is 65.6 Å². The van der Waals surface area contributed by atoms with E-state index in [1.807, 2.05) is 4.57 Å². The maximum absolute atomic E-state index is 13.3. The number of sulfone groups is 1. The molecule has 1 aliphatic rings. The summed E-state index contributed by atoms with van der Waals surface area (Å²) in [6.07, 6.45) is -2.74. The van der Waals surface area contributed by atoms with Gasteiger partial charge in [-0.25, -0.2) is 13.4 Å². The second-order valence-corrected chi connectivity index (χ2v) is 11.9. The number of hydrogen-bond acceptors (Lipinski definition) is 5. The minimum atomic E-state index is -4.58. The standard InChI is InChI=1S/C28H26F3N3O4S/c1-2-39(37,38)23-8-3-17(4-9-23)15-32-27(36)20-7-10-25-24(13-20)33-26(19-5-6-19)34(25)16-18-11-21(28(29,30)31)14-22(35)12-18/h3-4,7-14,19,35H,2,5-6,15-16H2,1H3,(H,32,36). The highest BCUT2D eigenvalue weighted by Crippen LogP contribution is 2.41. The van der Waals surface area contributed by atoms with Gasteiger partial charge in [0.2, 0.25) is 0 Å². The fourth-order valence-corrected chi connectivity index (χ4v) is 5.37. The number of phenols is 1. The molecule has 4 aromatic rings. The molecule has 39 heavy (non-hydrogen) atoms. The first kappa shape index (κ1) is 26.7. The third-order valence-corrected chi connectivity index (χ3v) is 8.49. The topological polar surface area (TPSA) is 101 Å². The van der Waals surface area contributed by atoms with Gasteiger partial charge in [0.15, 0.2) is 9.84 Å². The monoisotopic (exact) mass is 557 g/mol. The van der Waals surface area contributed by atoms with Crippen molar-refractivity contribution in [2.24, 2.45) is 0 Å². The van der Waals surface area contributed by atoms with Crippen LogP contribution in [0.5, 0.6) is 5.75 Å². The van der Waals surface area contributed by atoms with Crippen molar-refractivity contribution in [1.29, 1.82) is 0 Å². The Kier molecular flexibility index (Phi) is 6.88. The van der Waals surface area contributed by atoms with Gasteiger partial charge in [0.25, 0.3) is 5.91 Å². The Balaban J connectivity index is 1.37. The number of carbonyl (C=O) groups is 1. The number of aromatic nitrogens is 2. The molecule has 11 heteroatoms. The summed E-state index contributed by atoms with van der Waals surface area (Å²) in [4.78, 5) is 17.8. The molecule has 0 bridgehead atoms. The van der Waals surface area contributed by atoms with E-state index in [1.54, 1.807) is 37.3 Å². The molecule has 7 nitrogen and oxygen atoms in total. The van der Waals surface area contributed by atoms with Crippen molar-refractivity contribution in [1.82, 2.24) is 14.9 Å². The maximum Gasteiger partial charge on any atom is 0.416 e. The number of phenolic OH excluding ortho intramolecular Hbond substituents is 1. The van der Waals surface area contributed by atoms with E-state index in [4.69, 9.17) is 4.98 Å². The number of nitrogens with one attached hydrogen (secondary N) is 1. The number of benzene rings is 3. The van der Waals surface area contributed by atoms with Gasteiger partial charge in [-0.3, -0.25) is 4.79 Å². The second kappa shape index (κ2) is 10.0. The molecule has 3 aromatic carbocycles. The molecule has 0 radical (unpaired) electrons. The van der Waals surface area contributed by atoms with E-state index in [0.717, 1.165) is 30.3 Å². The lowest BCUT2D eigenvalue weighted by Crippen LogP contribution is -2.22. The van der Waals surface area contributed by atoms with Crippen LogP contribution in [0.1, 0.15) is 58.6 Å². The number of hydrogen-bond donors (Lipinski definition) is 2. The molecule has 0 saturated heterocycles. The summed E-state index contributed by atoms with van der Waals surface area (Å²) >= 11 is 0. The molecule has 204 valence electrons. The zero-order chi connectivity index (χ0) is 27.9. The molecule has 0 aliphatic heterocycles. The van der Waals surface area contributed by atoms with Crippen LogP contribution in [0, 0.1) is 0 Å². The van der Waals surface area contributed by atoms with E-state index in [-0.39, 0.29) is 35.6 Å². The van der Waals surface area contributed by atoms with Crippen molar-refractivity contribution in [3.05, 3.63) is 88.7 Å². The van der Waals surface area contributed by atoms with Gasteiger partial charge in [0, 0.05) is 24.6 Å². The summed E-state index contributed by atoms with van der Waals surface area (Å²) in [7, 11) is -3.30. The van der Waals surface area contributed by atoms with Gasteiger partial charge in [-0.2, -0.15) is 13.2 Å². The Morgan fingerprint density at radius 3 is 2.41 bits per heavy atom. The summed E-state index contributed by atoms with van der Waals surface area (Å²) in [5.41, 5.74) is 1.71. The SMILES string of the molecule is CCS(=O)(=O)c1ccc(CNC(=O)c2ccc3c(c2)nc(C2CC2)n3Cc2cc(O)cc(C(F)(F)F)c2)cc1. The average molecular weight is 558 g/mol.